The van der Waals surface area contributed by atoms with Crippen molar-refractivity contribution >= 4 is 17.8 Å². The van der Waals surface area contributed by atoms with Crippen molar-refractivity contribution in [2.24, 2.45) is 0 Å². The summed E-state index contributed by atoms with van der Waals surface area (Å²) in [7, 11) is 0. The maximum absolute atomic E-state index is 13.5. The van der Waals surface area contributed by atoms with Crippen molar-refractivity contribution in [3.63, 3.8) is 0 Å². The number of hydrogen-bond donors (Lipinski definition) is 14. The van der Waals surface area contributed by atoms with Crippen LogP contribution in [-0.2, 0) is 42.8 Å². The number of amides is 2. The largest absolute Gasteiger partial charge is 0.477 e. The molecule has 14 N–H and O–H groups in total. The highest BCUT2D eigenvalue weighted by Crippen LogP contribution is 2.39. The van der Waals surface area contributed by atoms with Crippen LogP contribution in [0.5, 0.6) is 0 Å². The molecule has 23 heteroatoms. The SMILES string of the molecule is CCCCCCCCCCC/C=C\C/C=C\CCCCCCCCCCCC(=O)NC(COC1OC(CO)C(OC2OC(CO)C(O)C(OC3(C(=O)O)CC(O)C(NC(C)=O)C(C(O)C(O)CO)O3)C2O)C(O)C1O)C(O)CCCCCCCCCCCCCCCC. The van der Waals surface area contributed by atoms with Gasteiger partial charge in [-0.3, -0.25) is 9.59 Å². The second kappa shape index (κ2) is 50.5. The minimum Gasteiger partial charge on any atom is -0.477 e. The van der Waals surface area contributed by atoms with E-state index in [1.165, 1.54) is 148 Å². The molecule has 0 aromatic heterocycles. The van der Waals surface area contributed by atoms with Crippen LogP contribution in [0, 0.1) is 0 Å². The zero-order valence-electron chi connectivity index (χ0n) is 56.9. The number of allylic oxidation sites excluding steroid dienone is 4. The fourth-order valence-corrected chi connectivity index (χ4v) is 12.6. The normalized spacial score (nSPS) is 28.2. The summed E-state index contributed by atoms with van der Waals surface area (Å²) in [5.41, 5.74) is 0. The van der Waals surface area contributed by atoms with Gasteiger partial charge < -0.3 is 100 Å². The number of carbonyl (C=O) groups is 3. The molecule has 18 unspecified atom stereocenters. The van der Waals surface area contributed by atoms with Crippen molar-refractivity contribution in [3.05, 3.63) is 24.3 Å². The quantitative estimate of drug-likeness (QED) is 0.0211. The Morgan fingerprint density at radius 2 is 1.03 bits per heavy atom. The molecular weight excluding hydrogens is 1200 g/mol. The summed E-state index contributed by atoms with van der Waals surface area (Å²) < 4.78 is 34.9. The first kappa shape index (κ1) is 84.4. The maximum Gasteiger partial charge on any atom is 0.364 e. The van der Waals surface area contributed by atoms with Crippen LogP contribution in [0.3, 0.4) is 0 Å². The number of unbranched alkanes of at least 4 members (excludes halogenated alkanes) is 31. The molecule has 0 radical (unpaired) electrons. The standard InChI is InChI=1S/C70H128N2O21/c1-4-6-8-10-12-14-16-18-20-21-22-23-24-25-26-27-28-29-30-32-34-36-38-40-42-44-57(80)72-51(52(77)43-41-39-37-35-33-31-19-17-15-13-11-9-7-5-2)49-88-67-62(84)61(83)64(56(48-75)90-67)91-68-63(85)66(60(82)55(47-74)89-68)93-70(69(86)87)45-53(78)58(71-50(3)76)65(92-70)59(81)54(79)46-73/h22-23,25-26,51-56,58-68,73-75,77-79,81-85H,4-21,24,27-49H2,1-3H3,(H,71,76)(H,72,80)(H,86,87)/b23-22-,26-25-. The number of carbonyl (C=O) groups excluding carboxylic acids is 2. The van der Waals surface area contributed by atoms with E-state index >= 15 is 0 Å². The van der Waals surface area contributed by atoms with E-state index in [1.54, 1.807) is 0 Å². The molecule has 0 saturated carbocycles. The van der Waals surface area contributed by atoms with Crippen LogP contribution in [0.15, 0.2) is 24.3 Å². The third-order valence-corrected chi connectivity index (χ3v) is 18.4. The van der Waals surface area contributed by atoms with Gasteiger partial charge in [-0.15, -0.1) is 0 Å². The van der Waals surface area contributed by atoms with E-state index in [4.69, 9.17) is 28.4 Å². The van der Waals surface area contributed by atoms with Gasteiger partial charge in [0.25, 0.3) is 5.79 Å². The third kappa shape index (κ3) is 32.6. The molecule has 0 spiro atoms. The lowest BCUT2D eigenvalue weighted by atomic mass is 9.88. The van der Waals surface area contributed by atoms with E-state index in [1.807, 2.05) is 0 Å². The molecule has 93 heavy (non-hydrogen) atoms. The molecule has 23 nitrogen and oxygen atoms in total. The molecular formula is C70H128N2O21. The van der Waals surface area contributed by atoms with E-state index < -0.39 is 148 Å². The van der Waals surface area contributed by atoms with Gasteiger partial charge in [0.1, 0.15) is 67.1 Å². The topological polar surface area (TPSA) is 373 Å². The van der Waals surface area contributed by atoms with Crippen LogP contribution < -0.4 is 10.6 Å². The molecule has 2 amide bonds. The Balaban J connectivity index is 1.55. The van der Waals surface area contributed by atoms with Crippen LogP contribution in [0.4, 0.5) is 0 Å². The second-order valence-corrected chi connectivity index (χ2v) is 26.5. The lowest BCUT2D eigenvalue weighted by molar-refractivity contribution is -0.386. The number of ether oxygens (including phenoxy) is 6. The average molecular weight is 1330 g/mol. The molecule has 3 saturated heterocycles. The molecule has 0 aromatic carbocycles. The molecule has 0 aliphatic carbocycles. The van der Waals surface area contributed by atoms with Crippen molar-refractivity contribution in [1.82, 2.24) is 10.6 Å². The van der Waals surface area contributed by atoms with Crippen LogP contribution in [0.2, 0.25) is 0 Å². The molecule has 3 fully saturated rings. The predicted molar refractivity (Wildman–Crippen MR) is 352 cm³/mol. The summed E-state index contributed by atoms with van der Waals surface area (Å²) in [6.45, 7) is 2.20. The fourth-order valence-electron chi connectivity index (χ4n) is 12.6. The van der Waals surface area contributed by atoms with E-state index in [0.717, 1.165) is 71.1 Å². The molecule has 18 atom stereocenters. The van der Waals surface area contributed by atoms with Crippen molar-refractivity contribution in [2.75, 3.05) is 26.4 Å². The summed E-state index contributed by atoms with van der Waals surface area (Å²) in [5.74, 6) is -6.11. The number of hydrogen-bond acceptors (Lipinski definition) is 20. The predicted octanol–water partition coefficient (Wildman–Crippen LogP) is 7.23. The molecule has 3 aliphatic heterocycles. The molecule has 3 heterocycles. The van der Waals surface area contributed by atoms with Gasteiger partial charge in [-0.25, -0.2) is 4.79 Å². The summed E-state index contributed by atoms with van der Waals surface area (Å²) in [4.78, 5) is 38.6. The van der Waals surface area contributed by atoms with Crippen molar-refractivity contribution < 1.29 is 104 Å². The maximum atomic E-state index is 13.5. The Morgan fingerprint density at radius 1 is 0.559 bits per heavy atom. The minimum absolute atomic E-state index is 0.219. The molecule has 0 bridgehead atoms. The van der Waals surface area contributed by atoms with Gasteiger partial charge in [-0.2, -0.15) is 0 Å². The second-order valence-electron chi connectivity index (χ2n) is 26.5. The Kier molecular flexibility index (Phi) is 45.9. The number of aliphatic hydroxyl groups is 11. The van der Waals surface area contributed by atoms with E-state index in [-0.39, 0.29) is 18.9 Å². The first-order valence-corrected chi connectivity index (χ1v) is 36.2. The van der Waals surface area contributed by atoms with Gasteiger partial charge in [-0.1, -0.05) is 224 Å². The highest BCUT2D eigenvalue weighted by Gasteiger charge is 2.60. The van der Waals surface area contributed by atoms with E-state index in [9.17, 15) is 75.7 Å². The number of rotatable bonds is 55. The number of carboxylic acid groups (broad SMARTS) is 1. The average Bonchev–Trinajstić information content (AvgIpc) is 0.765. The zero-order chi connectivity index (χ0) is 68.2. The number of carboxylic acids is 1. The van der Waals surface area contributed by atoms with Gasteiger partial charge in [0.2, 0.25) is 11.8 Å². The van der Waals surface area contributed by atoms with Crippen LogP contribution in [-0.4, -0.2) is 215 Å². The summed E-state index contributed by atoms with van der Waals surface area (Å²) in [5, 5.41) is 136. The van der Waals surface area contributed by atoms with E-state index in [0.29, 0.717) is 19.3 Å². The highest BCUT2D eigenvalue weighted by molar-refractivity contribution is 5.77. The van der Waals surface area contributed by atoms with Crippen LogP contribution in [0.25, 0.3) is 0 Å². The Bertz CT molecular complexity index is 1970. The number of aliphatic hydroxyl groups excluding tert-OH is 11. The highest BCUT2D eigenvalue weighted by atomic mass is 16.8. The number of aliphatic carboxylic acids is 1. The first-order chi connectivity index (χ1) is 44.9. The lowest BCUT2D eigenvalue weighted by Gasteiger charge is -2.50. The summed E-state index contributed by atoms with van der Waals surface area (Å²) in [6.07, 6.45) is 21.8. The zero-order valence-corrected chi connectivity index (χ0v) is 56.9. The van der Waals surface area contributed by atoms with Crippen LogP contribution >= 0.6 is 0 Å². The number of nitrogens with one attached hydrogen (secondary N) is 2. The lowest BCUT2D eigenvalue weighted by Crippen LogP contribution is -2.70. The molecule has 544 valence electrons. The van der Waals surface area contributed by atoms with Gasteiger partial charge in [0.05, 0.1) is 50.7 Å². The smallest absolute Gasteiger partial charge is 0.364 e. The molecule has 0 aromatic rings. The van der Waals surface area contributed by atoms with Gasteiger partial charge >= 0.3 is 5.97 Å². The fraction of sp³-hybridized carbons (Fsp3) is 0.900. The first-order valence-electron chi connectivity index (χ1n) is 36.2. The Labute approximate surface area is 555 Å². The van der Waals surface area contributed by atoms with Gasteiger partial charge in [0, 0.05) is 19.8 Å². The Hall–Kier alpha value is -2.79. The third-order valence-electron chi connectivity index (χ3n) is 18.4. The van der Waals surface area contributed by atoms with Crippen molar-refractivity contribution in [3.8, 4) is 0 Å². The molecule has 3 rings (SSSR count). The summed E-state index contributed by atoms with van der Waals surface area (Å²) >= 11 is 0. The van der Waals surface area contributed by atoms with Gasteiger partial charge in [-0.05, 0) is 44.9 Å². The van der Waals surface area contributed by atoms with Gasteiger partial charge in [0.15, 0.2) is 12.6 Å². The van der Waals surface area contributed by atoms with Crippen molar-refractivity contribution in [2.45, 2.75) is 375 Å². The minimum atomic E-state index is -3.08. The summed E-state index contributed by atoms with van der Waals surface area (Å²) in [6, 6.07) is -2.53. The monoisotopic (exact) mass is 1330 g/mol. The van der Waals surface area contributed by atoms with Crippen molar-refractivity contribution in [1.29, 1.82) is 0 Å². The Morgan fingerprint density at radius 3 is 1.51 bits per heavy atom. The molecule has 3 aliphatic rings. The van der Waals surface area contributed by atoms with Crippen LogP contribution in [0.1, 0.15) is 265 Å². The van der Waals surface area contributed by atoms with E-state index in [2.05, 4.69) is 48.8 Å².